The molecule has 126 valence electrons. The number of benzene rings is 2. The minimum atomic E-state index is -0.452. The van der Waals surface area contributed by atoms with E-state index in [0.717, 1.165) is 5.56 Å². The molecular weight excluding hydrogens is 342 g/mol. The van der Waals surface area contributed by atoms with E-state index >= 15 is 0 Å². The molecule has 1 heterocycles. The number of nitrogens with zero attached hydrogens (tertiary/aromatic N) is 4. The summed E-state index contributed by atoms with van der Waals surface area (Å²) in [7, 11) is 1.57. The summed E-state index contributed by atoms with van der Waals surface area (Å²) >= 11 is 5.22. The van der Waals surface area contributed by atoms with Crippen LogP contribution in [0.1, 0.15) is 5.56 Å². The minimum absolute atomic E-state index is 0.0202. The van der Waals surface area contributed by atoms with Gasteiger partial charge in [0.1, 0.15) is 5.75 Å². The van der Waals surface area contributed by atoms with Crippen molar-refractivity contribution < 1.29 is 9.66 Å². The van der Waals surface area contributed by atoms with Crippen molar-refractivity contribution in [2.75, 3.05) is 7.11 Å². The lowest BCUT2D eigenvalue weighted by atomic mass is 10.2. The predicted molar refractivity (Wildman–Crippen MR) is 95.5 cm³/mol. The van der Waals surface area contributed by atoms with Crippen LogP contribution < -0.4 is 4.74 Å². The average Bonchev–Trinajstić information content (AvgIpc) is 3.00. The molecule has 1 aromatic heterocycles. The Morgan fingerprint density at radius 3 is 2.68 bits per heavy atom. The summed E-state index contributed by atoms with van der Waals surface area (Å²) in [4.78, 5) is 10.2. The third-order valence-corrected chi connectivity index (χ3v) is 3.69. The van der Waals surface area contributed by atoms with Crippen molar-refractivity contribution in [1.82, 2.24) is 14.9 Å². The van der Waals surface area contributed by atoms with E-state index in [1.807, 2.05) is 24.3 Å². The maximum Gasteiger partial charge on any atom is 0.269 e. The van der Waals surface area contributed by atoms with Crippen LogP contribution in [0.5, 0.6) is 5.75 Å². The second-order valence-corrected chi connectivity index (χ2v) is 5.34. The molecule has 3 aromatic rings. The number of aromatic nitrogens is 3. The maximum absolute atomic E-state index is 10.7. The molecule has 1 N–H and O–H groups in total. The van der Waals surface area contributed by atoms with Crippen LogP contribution in [0.4, 0.5) is 5.69 Å². The Balaban J connectivity index is 1.97. The van der Waals surface area contributed by atoms with Gasteiger partial charge in [0.05, 0.1) is 23.8 Å². The number of methoxy groups -OCH3 is 1. The van der Waals surface area contributed by atoms with Crippen molar-refractivity contribution in [1.29, 1.82) is 0 Å². The van der Waals surface area contributed by atoms with Gasteiger partial charge in [-0.1, -0.05) is 12.1 Å². The second-order valence-electron chi connectivity index (χ2n) is 4.96. The molecule has 0 saturated carbocycles. The number of nitrogens with one attached hydrogen (secondary N) is 1. The Bertz CT molecular complexity index is 992. The number of nitro groups is 1. The van der Waals surface area contributed by atoms with Gasteiger partial charge in [0, 0.05) is 12.1 Å². The van der Waals surface area contributed by atoms with Crippen LogP contribution in [-0.2, 0) is 0 Å². The van der Waals surface area contributed by atoms with Crippen molar-refractivity contribution in [3.05, 3.63) is 69.0 Å². The Morgan fingerprint density at radius 2 is 2.00 bits per heavy atom. The van der Waals surface area contributed by atoms with Crippen LogP contribution in [0.3, 0.4) is 0 Å². The van der Waals surface area contributed by atoms with Crippen LogP contribution in [0, 0.1) is 14.9 Å². The first kappa shape index (κ1) is 16.5. The van der Waals surface area contributed by atoms with Gasteiger partial charge in [-0.25, -0.2) is 5.10 Å². The van der Waals surface area contributed by atoms with Gasteiger partial charge < -0.3 is 4.74 Å². The first-order valence-corrected chi connectivity index (χ1v) is 7.60. The van der Waals surface area contributed by atoms with Crippen molar-refractivity contribution in [2.24, 2.45) is 5.10 Å². The monoisotopic (exact) mass is 355 g/mol. The number of para-hydroxylation sites is 1. The number of ether oxygens (including phenoxy) is 1. The summed E-state index contributed by atoms with van der Waals surface area (Å²) in [6.45, 7) is 0. The smallest absolute Gasteiger partial charge is 0.269 e. The van der Waals surface area contributed by atoms with Gasteiger partial charge in [0.25, 0.3) is 5.69 Å². The maximum atomic E-state index is 10.7. The molecule has 9 heteroatoms. The average molecular weight is 355 g/mol. The van der Waals surface area contributed by atoms with Crippen LogP contribution in [0.2, 0.25) is 0 Å². The number of hydrogen-bond acceptors (Lipinski definition) is 6. The van der Waals surface area contributed by atoms with E-state index in [2.05, 4.69) is 15.3 Å². The zero-order valence-electron chi connectivity index (χ0n) is 13.1. The van der Waals surface area contributed by atoms with E-state index in [9.17, 15) is 10.1 Å². The number of aromatic amines is 1. The van der Waals surface area contributed by atoms with Crippen LogP contribution >= 0.6 is 12.2 Å². The fourth-order valence-corrected chi connectivity index (χ4v) is 2.39. The first-order valence-electron chi connectivity index (χ1n) is 7.20. The van der Waals surface area contributed by atoms with E-state index in [1.165, 1.54) is 16.8 Å². The molecule has 0 bridgehead atoms. The first-order chi connectivity index (χ1) is 12.1. The lowest BCUT2D eigenvalue weighted by Gasteiger charge is -2.06. The molecule has 2 aromatic carbocycles. The number of H-pyrrole nitrogens is 1. The van der Waals surface area contributed by atoms with Crippen LogP contribution in [0.15, 0.2) is 53.6 Å². The Labute approximate surface area is 147 Å². The topological polar surface area (TPSA) is 98.3 Å². The van der Waals surface area contributed by atoms with E-state index < -0.39 is 4.92 Å². The number of nitro benzene ring substituents is 1. The van der Waals surface area contributed by atoms with Crippen molar-refractivity contribution in [3.8, 4) is 17.1 Å². The number of rotatable bonds is 5. The normalized spacial score (nSPS) is 10.9. The molecule has 0 aliphatic rings. The summed E-state index contributed by atoms with van der Waals surface area (Å²) in [6.07, 6.45) is 1.55. The molecule has 0 radical (unpaired) electrons. The van der Waals surface area contributed by atoms with Gasteiger partial charge in [-0.3, -0.25) is 10.1 Å². The fourth-order valence-electron chi connectivity index (χ4n) is 2.21. The molecule has 0 aliphatic heterocycles. The third-order valence-electron chi connectivity index (χ3n) is 3.42. The highest BCUT2D eigenvalue weighted by Crippen LogP contribution is 2.28. The number of hydrogen-bond donors (Lipinski definition) is 1. The van der Waals surface area contributed by atoms with Gasteiger partial charge in [-0.15, -0.1) is 0 Å². The molecule has 0 fully saturated rings. The molecule has 0 unspecified atom stereocenters. The predicted octanol–water partition coefficient (Wildman–Crippen LogP) is 3.41. The standard InChI is InChI=1S/C16H13N5O3S/c1-24-14-5-3-2-4-13(14)15-18-19-16(25)20(15)17-10-11-6-8-12(9-7-11)21(22)23/h2-10H,1H3,(H,19,25). The molecule has 3 rings (SSSR count). The summed E-state index contributed by atoms with van der Waals surface area (Å²) < 4.78 is 7.13. The van der Waals surface area contributed by atoms with Gasteiger partial charge in [-0.2, -0.15) is 14.9 Å². The second kappa shape index (κ2) is 7.05. The fraction of sp³-hybridized carbons (Fsp3) is 0.0625. The SMILES string of the molecule is COc1ccccc1-c1n[nH]c(=S)n1N=Cc1ccc([N+](=O)[O-])cc1. The Morgan fingerprint density at radius 1 is 1.28 bits per heavy atom. The summed E-state index contributed by atoms with van der Waals surface area (Å²) in [5.41, 5.74) is 1.45. The molecule has 0 aliphatic carbocycles. The highest BCUT2D eigenvalue weighted by atomic mass is 32.1. The molecular formula is C16H13N5O3S. The van der Waals surface area contributed by atoms with E-state index in [1.54, 1.807) is 25.5 Å². The van der Waals surface area contributed by atoms with Crippen LogP contribution in [-0.4, -0.2) is 33.1 Å². The summed E-state index contributed by atoms with van der Waals surface area (Å²) in [5.74, 6) is 1.14. The van der Waals surface area contributed by atoms with E-state index in [0.29, 0.717) is 21.9 Å². The Hall–Kier alpha value is -3.33. The zero-order chi connectivity index (χ0) is 17.8. The highest BCUT2D eigenvalue weighted by molar-refractivity contribution is 7.71. The van der Waals surface area contributed by atoms with Crippen molar-refractivity contribution in [2.45, 2.75) is 0 Å². The third kappa shape index (κ3) is 3.45. The van der Waals surface area contributed by atoms with E-state index in [-0.39, 0.29) is 5.69 Å². The molecule has 25 heavy (non-hydrogen) atoms. The van der Waals surface area contributed by atoms with Gasteiger partial charge in [-0.05, 0) is 42.0 Å². The Kier molecular flexibility index (Phi) is 4.66. The molecule has 0 spiro atoms. The van der Waals surface area contributed by atoms with Gasteiger partial charge in [0.15, 0.2) is 5.82 Å². The minimum Gasteiger partial charge on any atom is -0.496 e. The van der Waals surface area contributed by atoms with E-state index in [4.69, 9.17) is 17.0 Å². The molecule has 0 saturated heterocycles. The van der Waals surface area contributed by atoms with Crippen molar-refractivity contribution in [3.63, 3.8) is 0 Å². The van der Waals surface area contributed by atoms with Crippen LogP contribution in [0.25, 0.3) is 11.4 Å². The van der Waals surface area contributed by atoms with Crippen molar-refractivity contribution >= 4 is 24.1 Å². The quantitative estimate of drug-likeness (QED) is 0.327. The lowest BCUT2D eigenvalue weighted by Crippen LogP contribution is -1.97. The zero-order valence-corrected chi connectivity index (χ0v) is 13.9. The summed E-state index contributed by atoms with van der Waals surface area (Å²) in [6, 6.07) is 13.4. The molecule has 8 nitrogen and oxygen atoms in total. The van der Waals surface area contributed by atoms with Gasteiger partial charge in [0.2, 0.25) is 4.77 Å². The highest BCUT2D eigenvalue weighted by Gasteiger charge is 2.12. The lowest BCUT2D eigenvalue weighted by molar-refractivity contribution is -0.384. The largest absolute Gasteiger partial charge is 0.496 e. The summed E-state index contributed by atoms with van der Waals surface area (Å²) in [5, 5.41) is 21.9. The number of non-ortho nitro benzene ring substituents is 1. The molecule has 0 amide bonds. The van der Waals surface area contributed by atoms with Gasteiger partial charge >= 0.3 is 0 Å². The molecule has 0 atom stereocenters.